The zero-order valence-corrected chi connectivity index (χ0v) is 9.66. The van der Waals surface area contributed by atoms with Crippen molar-refractivity contribution in [1.82, 2.24) is 5.32 Å². The summed E-state index contributed by atoms with van der Waals surface area (Å²) in [6.07, 6.45) is 3.76. The number of hydrogen-bond acceptors (Lipinski definition) is 3. The summed E-state index contributed by atoms with van der Waals surface area (Å²) >= 11 is 0. The lowest BCUT2D eigenvalue weighted by Crippen LogP contribution is -2.39. The van der Waals surface area contributed by atoms with Crippen molar-refractivity contribution in [1.29, 1.82) is 0 Å². The molecule has 1 aliphatic carbocycles. The SMILES string of the molecule is COC(CN)CC(=O)NC1CCCC1C. The van der Waals surface area contributed by atoms with Crippen LogP contribution in [-0.2, 0) is 9.53 Å². The third-order valence-corrected chi connectivity index (χ3v) is 3.22. The fourth-order valence-corrected chi connectivity index (χ4v) is 2.10. The molecule has 15 heavy (non-hydrogen) atoms. The van der Waals surface area contributed by atoms with Gasteiger partial charge in [0.15, 0.2) is 0 Å². The predicted octanol–water partition coefficient (Wildman–Crippen LogP) is 0.655. The van der Waals surface area contributed by atoms with Gasteiger partial charge < -0.3 is 15.8 Å². The van der Waals surface area contributed by atoms with E-state index in [1.807, 2.05) is 0 Å². The van der Waals surface area contributed by atoms with Gasteiger partial charge >= 0.3 is 0 Å². The van der Waals surface area contributed by atoms with Gasteiger partial charge in [-0.05, 0) is 18.8 Å². The van der Waals surface area contributed by atoms with Crippen molar-refractivity contribution < 1.29 is 9.53 Å². The Hall–Kier alpha value is -0.610. The lowest BCUT2D eigenvalue weighted by Gasteiger charge is -2.19. The van der Waals surface area contributed by atoms with E-state index in [0.29, 0.717) is 24.9 Å². The molecule has 88 valence electrons. The number of amides is 1. The highest BCUT2D eigenvalue weighted by Crippen LogP contribution is 2.24. The fraction of sp³-hybridized carbons (Fsp3) is 0.909. The minimum Gasteiger partial charge on any atom is -0.380 e. The molecule has 3 N–H and O–H groups in total. The first kappa shape index (κ1) is 12.5. The van der Waals surface area contributed by atoms with Crippen LogP contribution in [0.3, 0.4) is 0 Å². The second-order valence-corrected chi connectivity index (χ2v) is 4.38. The zero-order valence-electron chi connectivity index (χ0n) is 9.66. The Bertz CT molecular complexity index is 205. The minimum atomic E-state index is -0.151. The van der Waals surface area contributed by atoms with Crippen LogP contribution in [0.4, 0.5) is 0 Å². The fourth-order valence-electron chi connectivity index (χ4n) is 2.10. The highest BCUT2D eigenvalue weighted by molar-refractivity contribution is 5.76. The topological polar surface area (TPSA) is 64.3 Å². The van der Waals surface area contributed by atoms with Gasteiger partial charge in [-0.2, -0.15) is 0 Å². The maximum Gasteiger partial charge on any atom is 0.222 e. The van der Waals surface area contributed by atoms with Crippen molar-refractivity contribution >= 4 is 5.91 Å². The third-order valence-electron chi connectivity index (χ3n) is 3.22. The molecule has 4 nitrogen and oxygen atoms in total. The highest BCUT2D eigenvalue weighted by Gasteiger charge is 2.25. The Kier molecular flexibility index (Phi) is 5.05. The standard InChI is InChI=1S/C11H22N2O2/c1-8-4-3-5-10(8)13-11(14)6-9(7-12)15-2/h8-10H,3-7,12H2,1-2H3,(H,13,14). The van der Waals surface area contributed by atoms with Gasteiger partial charge in [0.25, 0.3) is 0 Å². The summed E-state index contributed by atoms with van der Waals surface area (Å²) in [4.78, 5) is 11.6. The van der Waals surface area contributed by atoms with Crippen LogP contribution in [-0.4, -0.2) is 31.7 Å². The third kappa shape index (κ3) is 3.80. The molecular weight excluding hydrogens is 192 g/mol. The van der Waals surface area contributed by atoms with Crippen molar-refractivity contribution in [2.45, 2.75) is 44.8 Å². The molecule has 0 bridgehead atoms. The minimum absolute atomic E-state index is 0.0612. The maximum absolute atomic E-state index is 11.6. The largest absolute Gasteiger partial charge is 0.380 e. The quantitative estimate of drug-likeness (QED) is 0.706. The van der Waals surface area contributed by atoms with Gasteiger partial charge in [-0.3, -0.25) is 4.79 Å². The van der Waals surface area contributed by atoms with Crippen LogP contribution in [0.25, 0.3) is 0 Å². The number of carbonyl (C=O) groups excluding carboxylic acids is 1. The molecule has 3 atom stereocenters. The summed E-state index contributed by atoms with van der Waals surface area (Å²) < 4.78 is 5.08. The molecule has 0 spiro atoms. The summed E-state index contributed by atoms with van der Waals surface area (Å²) in [5.74, 6) is 0.666. The summed E-state index contributed by atoms with van der Waals surface area (Å²) in [7, 11) is 1.59. The lowest BCUT2D eigenvalue weighted by molar-refractivity contribution is -0.124. The molecule has 1 fully saturated rings. The first-order valence-electron chi connectivity index (χ1n) is 5.69. The van der Waals surface area contributed by atoms with E-state index in [4.69, 9.17) is 10.5 Å². The molecule has 1 saturated carbocycles. The van der Waals surface area contributed by atoms with Crippen LogP contribution < -0.4 is 11.1 Å². The molecule has 3 unspecified atom stereocenters. The number of ether oxygens (including phenoxy) is 1. The van der Waals surface area contributed by atoms with E-state index in [-0.39, 0.29) is 12.0 Å². The number of nitrogens with two attached hydrogens (primary N) is 1. The Balaban J connectivity index is 2.28. The molecule has 0 aromatic heterocycles. The predicted molar refractivity (Wildman–Crippen MR) is 59.4 cm³/mol. The molecule has 0 radical (unpaired) electrons. The molecule has 1 rings (SSSR count). The second-order valence-electron chi connectivity index (χ2n) is 4.38. The van der Waals surface area contributed by atoms with Crippen LogP contribution in [0.5, 0.6) is 0 Å². The van der Waals surface area contributed by atoms with Gasteiger partial charge in [-0.25, -0.2) is 0 Å². The van der Waals surface area contributed by atoms with E-state index in [1.54, 1.807) is 7.11 Å². The van der Waals surface area contributed by atoms with Crippen LogP contribution >= 0.6 is 0 Å². The van der Waals surface area contributed by atoms with Crippen molar-refractivity contribution in [2.24, 2.45) is 11.7 Å². The average Bonchev–Trinajstić information content (AvgIpc) is 2.61. The number of methoxy groups -OCH3 is 1. The van der Waals surface area contributed by atoms with E-state index in [0.717, 1.165) is 6.42 Å². The molecule has 0 aromatic rings. The second kappa shape index (κ2) is 6.08. The molecule has 0 saturated heterocycles. The van der Waals surface area contributed by atoms with Crippen molar-refractivity contribution in [3.05, 3.63) is 0 Å². The summed E-state index contributed by atoms with van der Waals surface area (Å²) in [6.45, 7) is 2.58. The highest BCUT2D eigenvalue weighted by atomic mass is 16.5. The molecule has 0 aliphatic heterocycles. The van der Waals surface area contributed by atoms with E-state index in [1.165, 1.54) is 12.8 Å². The summed E-state index contributed by atoms with van der Waals surface area (Å²) in [5, 5.41) is 3.05. The van der Waals surface area contributed by atoms with Crippen LogP contribution in [0.15, 0.2) is 0 Å². The Morgan fingerprint density at radius 3 is 2.80 bits per heavy atom. The number of nitrogens with one attached hydrogen (secondary N) is 1. The van der Waals surface area contributed by atoms with Crippen LogP contribution in [0.2, 0.25) is 0 Å². The number of carbonyl (C=O) groups is 1. The summed E-state index contributed by atoms with van der Waals surface area (Å²) in [5.41, 5.74) is 5.46. The Labute approximate surface area is 91.5 Å². The van der Waals surface area contributed by atoms with Gasteiger partial charge in [0, 0.05) is 19.7 Å². The van der Waals surface area contributed by atoms with Gasteiger partial charge in [0.1, 0.15) is 0 Å². The zero-order chi connectivity index (χ0) is 11.3. The Morgan fingerprint density at radius 1 is 1.60 bits per heavy atom. The Morgan fingerprint density at radius 2 is 2.33 bits per heavy atom. The van der Waals surface area contributed by atoms with Crippen molar-refractivity contribution in [3.63, 3.8) is 0 Å². The number of rotatable bonds is 5. The molecule has 4 heteroatoms. The normalized spacial score (nSPS) is 27.7. The van der Waals surface area contributed by atoms with E-state index in [2.05, 4.69) is 12.2 Å². The lowest BCUT2D eigenvalue weighted by atomic mass is 10.1. The molecular formula is C11H22N2O2. The van der Waals surface area contributed by atoms with Crippen molar-refractivity contribution in [3.8, 4) is 0 Å². The van der Waals surface area contributed by atoms with E-state index in [9.17, 15) is 4.79 Å². The first-order valence-corrected chi connectivity index (χ1v) is 5.69. The molecule has 1 amide bonds. The molecule has 0 aromatic carbocycles. The number of hydrogen-bond donors (Lipinski definition) is 2. The van der Waals surface area contributed by atoms with Gasteiger partial charge in [-0.1, -0.05) is 13.3 Å². The smallest absolute Gasteiger partial charge is 0.222 e. The van der Waals surface area contributed by atoms with E-state index < -0.39 is 0 Å². The molecule has 1 aliphatic rings. The molecule has 0 heterocycles. The van der Waals surface area contributed by atoms with Gasteiger partial charge in [-0.15, -0.1) is 0 Å². The van der Waals surface area contributed by atoms with Gasteiger partial charge in [0.05, 0.1) is 12.5 Å². The van der Waals surface area contributed by atoms with E-state index >= 15 is 0 Å². The summed E-state index contributed by atoms with van der Waals surface area (Å²) in [6, 6.07) is 0.354. The first-order chi connectivity index (χ1) is 7.17. The van der Waals surface area contributed by atoms with Crippen molar-refractivity contribution in [2.75, 3.05) is 13.7 Å². The monoisotopic (exact) mass is 214 g/mol. The van der Waals surface area contributed by atoms with Crippen LogP contribution in [0.1, 0.15) is 32.6 Å². The van der Waals surface area contributed by atoms with Crippen LogP contribution in [0, 0.1) is 5.92 Å². The average molecular weight is 214 g/mol. The van der Waals surface area contributed by atoms with Gasteiger partial charge in [0.2, 0.25) is 5.91 Å². The maximum atomic E-state index is 11.6.